The zero-order valence-corrected chi connectivity index (χ0v) is 18.3. The molecule has 2 heterocycles. The Morgan fingerprint density at radius 2 is 1.81 bits per heavy atom. The van der Waals surface area contributed by atoms with Gasteiger partial charge in [-0.15, -0.1) is 0 Å². The molecule has 0 unspecified atom stereocenters. The van der Waals surface area contributed by atoms with Gasteiger partial charge in [-0.1, -0.05) is 6.42 Å². The number of phenolic OH excluding ortho intramolecular Hbond substituents is 2. The van der Waals surface area contributed by atoms with E-state index < -0.39 is 5.75 Å². The van der Waals surface area contributed by atoms with Crippen LogP contribution in [0, 0.1) is 0 Å². The van der Waals surface area contributed by atoms with Crippen molar-refractivity contribution in [2.24, 2.45) is 0 Å². The van der Waals surface area contributed by atoms with Crippen molar-refractivity contribution >= 4 is 11.0 Å². The van der Waals surface area contributed by atoms with Crippen LogP contribution in [0.3, 0.4) is 0 Å². The third kappa shape index (κ3) is 4.83. The lowest BCUT2D eigenvalue weighted by molar-refractivity contribution is 0.214. The molecule has 0 aliphatic carbocycles. The highest BCUT2D eigenvalue weighted by Crippen LogP contribution is 2.36. The van der Waals surface area contributed by atoms with Crippen LogP contribution in [-0.4, -0.2) is 48.5 Å². The van der Waals surface area contributed by atoms with Gasteiger partial charge < -0.3 is 29.0 Å². The predicted octanol–water partition coefficient (Wildman–Crippen LogP) is 4.52. The lowest BCUT2D eigenvalue weighted by Gasteiger charge is -2.26. The first-order chi connectivity index (χ1) is 15.6. The van der Waals surface area contributed by atoms with Gasteiger partial charge in [0.1, 0.15) is 5.76 Å². The topological polar surface area (TPSA) is 92.4 Å². The molecule has 0 amide bonds. The number of unbranched alkanes of at least 4 members (excludes halogenated alkanes) is 1. The van der Waals surface area contributed by atoms with Crippen LogP contribution in [-0.2, 0) is 0 Å². The van der Waals surface area contributed by atoms with E-state index in [0.717, 1.165) is 19.4 Å². The molecule has 170 valence electrons. The van der Waals surface area contributed by atoms with Crippen molar-refractivity contribution in [1.29, 1.82) is 0 Å². The summed E-state index contributed by atoms with van der Waals surface area (Å²) in [5, 5.41) is 20.0. The summed E-state index contributed by atoms with van der Waals surface area (Å²) in [7, 11) is 1.56. The number of likely N-dealkylation sites (tertiary alicyclic amines) is 1. The van der Waals surface area contributed by atoms with Crippen molar-refractivity contribution in [2.75, 3.05) is 33.4 Å². The molecule has 1 saturated heterocycles. The van der Waals surface area contributed by atoms with Crippen molar-refractivity contribution in [3.63, 3.8) is 0 Å². The van der Waals surface area contributed by atoms with Gasteiger partial charge in [0.15, 0.2) is 28.3 Å². The highest BCUT2D eigenvalue weighted by Gasteiger charge is 2.15. The number of piperidine rings is 1. The van der Waals surface area contributed by atoms with Crippen LogP contribution in [0.15, 0.2) is 45.6 Å². The van der Waals surface area contributed by atoms with Crippen molar-refractivity contribution in [2.45, 2.75) is 32.1 Å². The summed E-state index contributed by atoms with van der Waals surface area (Å²) in [6.45, 7) is 4.13. The monoisotopic (exact) mass is 439 g/mol. The largest absolute Gasteiger partial charge is 0.504 e. The van der Waals surface area contributed by atoms with E-state index in [0.29, 0.717) is 23.7 Å². The first kappa shape index (κ1) is 22.0. The normalized spacial score (nSPS) is 14.5. The molecule has 32 heavy (non-hydrogen) atoms. The minimum absolute atomic E-state index is 0.0551. The van der Waals surface area contributed by atoms with Crippen LogP contribution >= 0.6 is 0 Å². The van der Waals surface area contributed by atoms with Crippen molar-refractivity contribution in [3.05, 3.63) is 46.6 Å². The molecule has 1 aliphatic rings. The molecular weight excluding hydrogens is 410 g/mol. The summed E-state index contributed by atoms with van der Waals surface area (Å²) < 4.78 is 17.1. The maximum absolute atomic E-state index is 12.5. The molecule has 0 bridgehead atoms. The van der Waals surface area contributed by atoms with Crippen molar-refractivity contribution in [1.82, 2.24) is 4.90 Å². The minimum atomic E-state index is -0.460. The Morgan fingerprint density at radius 3 is 2.59 bits per heavy atom. The lowest BCUT2D eigenvalue weighted by Crippen LogP contribution is -2.30. The maximum atomic E-state index is 12.5. The Balaban J connectivity index is 1.45. The van der Waals surface area contributed by atoms with Gasteiger partial charge >= 0.3 is 0 Å². The van der Waals surface area contributed by atoms with E-state index in [4.69, 9.17) is 13.9 Å². The van der Waals surface area contributed by atoms with Crippen LogP contribution < -0.4 is 14.9 Å². The minimum Gasteiger partial charge on any atom is -0.504 e. The van der Waals surface area contributed by atoms with E-state index in [1.165, 1.54) is 50.6 Å². The number of hydrogen-bond donors (Lipinski definition) is 2. The van der Waals surface area contributed by atoms with E-state index in [2.05, 4.69) is 4.90 Å². The van der Waals surface area contributed by atoms with Crippen LogP contribution in [0.1, 0.15) is 32.1 Å². The van der Waals surface area contributed by atoms with Crippen LogP contribution in [0.5, 0.6) is 23.0 Å². The van der Waals surface area contributed by atoms with Crippen LogP contribution in [0.25, 0.3) is 22.3 Å². The van der Waals surface area contributed by atoms with E-state index in [1.807, 2.05) is 0 Å². The average molecular weight is 440 g/mol. The molecule has 0 radical (unpaired) electrons. The van der Waals surface area contributed by atoms with Gasteiger partial charge in [-0.25, -0.2) is 0 Å². The second kappa shape index (κ2) is 9.96. The number of hydrogen-bond acceptors (Lipinski definition) is 7. The summed E-state index contributed by atoms with van der Waals surface area (Å²) >= 11 is 0. The summed E-state index contributed by atoms with van der Waals surface area (Å²) in [4.78, 5) is 15.0. The van der Waals surface area contributed by atoms with Gasteiger partial charge in [-0.05, 0) is 75.6 Å². The highest BCUT2D eigenvalue weighted by molar-refractivity contribution is 5.86. The number of nitrogens with zero attached hydrogens (tertiary/aromatic N) is 1. The fourth-order valence-electron chi connectivity index (χ4n) is 4.08. The van der Waals surface area contributed by atoms with Crippen LogP contribution in [0.2, 0.25) is 0 Å². The number of aromatic hydroxyl groups is 2. The molecule has 0 saturated carbocycles. The zero-order chi connectivity index (χ0) is 22.5. The molecule has 1 fully saturated rings. The Labute approximate surface area is 186 Å². The molecule has 0 atom stereocenters. The first-order valence-electron chi connectivity index (χ1n) is 11.1. The van der Waals surface area contributed by atoms with Crippen LogP contribution in [0.4, 0.5) is 0 Å². The molecule has 7 nitrogen and oxygen atoms in total. The van der Waals surface area contributed by atoms with E-state index in [9.17, 15) is 15.0 Å². The summed E-state index contributed by atoms with van der Waals surface area (Å²) in [6.07, 6.45) is 6.01. The summed E-state index contributed by atoms with van der Waals surface area (Å²) in [5.41, 5.74) is 0.228. The van der Waals surface area contributed by atoms with Gasteiger partial charge in [0, 0.05) is 11.6 Å². The third-order valence-corrected chi connectivity index (χ3v) is 5.87. The molecule has 2 N–H and O–H groups in total. The van der Waals surface area contributed by atoms with Gasteiger partial charge in [0.2, 0.25) is 5.75 Å². The highest BCUT2D eigenvalue weighted by atomic mass is 16.5. The molecule has 4 rings (SSSR count). The summed E-state index contributed by atoms with van der Waals surface area (Å²) in [6, 6.07) is 9.32. The van der Waals surface area contributed by atoms with Gasteiger partial charge in [0.05, 0.1) is 19.1 Å². The molecule has 3 aromatic rings. The molecule has 1 aromatic heterocycles. The van der Waals surface area contributed by atoms with Gasteiger partial charge in [-0.2, -0.15) is 0 Å². The van der Waals surface area contributed by atoms with E-state index in [-0.39, 0.29) is 27.9 Å². The van der Waals surface area contributed by atoms with Gasteiger partial charge in [0.25, 0.3) is 0 Å². The second-order valence-electron chi connectivity index (χ2n) is 8.11. The van der Waals surface area contributed by atoms with Gasteiger partial charge in [-0.3, -0.25) is 4.79 Å². The molecule has 2 aromatic carbocycles. The fourth-order valence-corrected chi connectivity index (χ4v) is 4.08. The van der Waals surface area contributed by atoms with Crippen molar-refractivity contribution < 1.29 is 24.1 Å². The number of benzene rings is 2. The quantitative estimate of drug-likeness (QED) is 0.394. The Morgan fingerprint density at radius 1 is 1.00 bits per heavy atom. The summed E-state index contributed by atoms with van der Waals surface area (Å²) in [5.74, 6) is 0.603. The molecule has 1 aliphatic heterocycles. The predicted molar refractivity (Wildman–Crippen MR) is 123 cm³/mol. The molecule has 0 spiro atoms. The molecular formula is C25H29NO6. The standard InChI is InChI=1S/C25H29NO6/c1-30-23-15-17(22-16-20(28)18-8-9-19(27)24(29)25(18)32-22)7-10-21(23)31-14-6-5-13-26-11-3-2-4-12-26/h7-10,15-16,27,29H,2-6,11-14H2,1H3. The smallest absolute Gasteiger partial charge is 0.201 e. The Kier molecular flexibility index (Phi) is 6.85. The zero-order valence-electron chi connectivity index (χ0n) is 18.3. The van der Waals surface area contributed by atoms with E-state index >= 15 is 0 Å². The number of rotatable bonds is 8. The first-order valence-corrected chi connectivity index (χ1v) is 11.1. The molecule has 7 heteroatoms. The third-order valence-electron chi connectivity index (χ3n) is 5.87. The Hall–Kier alpha value is -3.19. The number of methoxy groups -OCH3 is 1. The maximum Gasteiger partial charge on any atom is 0.201 e. The lowest BCUT2D eigenvalue weighted by atomic mass is 10.1. The fraction of sp³-hybridized carbons (Fsp3) is 0.400. The number of fused-ring (bicyclic) bond motifs is 1. The number of phenols is 2. The number of ether oxygens (including phenoxy) is 2. The SMILES string of the molecule is COc1cc(-c2cc(=O)c3ccc(O)c(O)c3o2)ccc1OCCCCN1CCCCC1. The van der Waals surface area contributed by atoms with Crippen molar-refractivity contribution in [3.8, 4) is 34.3 Å². The Bertz CT molecular complexity index is 1130. The van der Waals surface area contributed by atoms with E-state index in [1.54, 1.807) is 25.3 Å². The second-order valence-corrected chi connectivity index (χ2v) is 8.11. The average Bonchev–Trinajstić information content (AvgIpc) is 2.82.